The molecular formula is C20H26N2O. The molecule has 0 unspecified atom stereocenters. The van der Waals surface area contributed by atoms with Crippen LogP contribution in [0.4, 0.5) is 0 Å². The van der Waals surface area contributed by atoms with Gasteiger partial charge >= 0.3 is 0 Å². The zero-order chi connectivity index (χ0) is 16.7. The van der Waals surface area contributed by atoms with Crippen molar-refractivity contribution in [3.05, 3.63) is 70.8 Å². The quantitative estimate of drug-likeness (QED) is 0.844. The second kappa shape index (κ2) is 8.49. The number of nitrogens with zero attached hydrogens (tertiary/aromatic N) is 1. The van der Waals surface area contributed by atoms with E-state index < -0.39 is 0 Å². The van der Waals surface area contributed by atoms with Gasteiger partial charge in [0.1, 0.15) is 0 Å². The Labute approximate surface area is 139 Å². The smallest absolute Gasteiger partial charge is 0.251 e. The molecule has 0 bridgehead atoms. The maximum absolute atomic E-state index is 12.1. The molecule has 122 valence electrons. The topological polar surface area (TPSA) is 32.3 Å². The first-order valence-electron chi connectivity index (χ1n) is 8.27. The molecule has 1 amide bonds. The lowest BCUT2D eigenvalue weighted by Gasteiger charge is -2.18. The Morgan fingerprint density at radius 2 is 1.65 bits per heavy atom. The highest BCUT2D eigenvalue weighted by Gasteiger charge is 2.05. The molecule has 2 rings (SSSR count). The van der Waals surface area contributed by atoms with Crippen LogP contribution in [0.15, 0.2) is 48.5 Å². The normalized spacial score (nSPS) is 10.8. The van der Waals surface area contributed by atoms with E-state index in [1.807, 2.05) is 31.2 Å². The van der Waals surface area contributed by atoms with Gasteiger partial charge < -0.3 is 5.32 Å². The molecule has 0 aliphatic carbocycles. The number of aryl methyl sites for hydroxylation is 1. The molecule has 0 spiro atoms. The molecular weight excluding hydrogens is 284 g/mol. The summed E-state index contributed by atoms with van der Waals surface area (Å²) >= 11 is 0. The van der Waals surface area contributed by atoms with E-state index in [-0.39, 0.29) is 5.91 Å². The summed E-state index contributed by atoms with van der Waals surface area (Å²) in [4.78, 5) is 14.5. The number of carbonyl (C=O) groups excluding carboxylic acids is 1. The molecule has 2 aromatic carbocycles. The van der Waals surface area contributed by atoms with Crippen molar-refractivity contribution >= 4 is 5.91 Å². The highest BCUT2D eigenvalue weighted by Crippen LogP contribution is 2.08. The molecule has 0 aliphatic heterocycles. The third kappa shape index (κ3) is 5.22. The molecule has 0 saturated heterocycles. The first kappa shape index (κ1) is 17.2. The molecule has 0 aliphatic rings. The third-order valence-corrected chi connectivity index (χ3v) is 4.06. The monoisotopic (exact) mass is 310 g/mol. The van der Waals surface area contributed by atoms with Crippen molar-refractivity contribution in [3.8, 4) is 0 Å². The zero-order valence-corrected chi connectivity index (χ0v) is 14.3. The molecule has 3 heteroatoms. The fourth-order valence-electron chi connectivity index (χ4n) is 2.54. The van der Waals surface area contributed by atoms with E-state index in [4.69, 9.17) is 0 Å². The summed E-state index contributed by atoms with van der Waals surface area (Å²) in [6, 6.07) is 16.1. The van der Waals surface area contributed by atoms with E-state index in [1.165, 1.54) is 5.56 Å². The van der Waals surface area contributed by atoms with Gasteiger partial charge in [-0.15, -0.1) is 0 Å². The molecule has 3 nitrogen and oxygen atoms in total. The van der Waals surface area contributed by atoms with Gasteiger partial charge in [0.2, 0.25) is 0 Å². The highest BCUT2D eigenvalue weighted by molar-refractivity contribution is 5.94. The summed E-state index contributed by atoms with van der Waals surface area (Å²) in [5.41, 5.74) is 4.23. The van der Waals surface area contributed by atoms with E-state index in [2.05, 4.69) is 48.3 Å². The molecule has 0 radical (unpaired) electrons. The average molecular weight is 310 g/mol. The maximum atomic E-state index is 12.1. The second-order valence-corrected chi connectivity index (χ2v) is 5.83. The number of benzene rings is 2. The molecule has 2 aromatic rings. The largest absolute Gasteiger partial charge is 0.348 e. The molecule has 0 saturated carbocycles. The lowest BCUT2D eigenvalue weighted by atomic mass is 10.1. The number of amides is 1. The SMILES string of the molecule is CCN(CC)Cc1ccc(CNC(=O)c2cccc(C)c2)cc1. The van der Waals surface area contributed by atoms with Crippen LogP contribution < -0.4 is 5.32 Å². The van der Waals surface area contributed by atoms with Crippen molar-refractivity contribution in [2.45, 2.75) is 33.9 Å². The summed E-state index contributed by atoms with van der Waals surface area (Å²) < 4.78 is 0. The van der Waals surface area contributed by atoms with Gasteiger partial charge in [0.15, 0.2) is 0 Å². The van der Waals surface area contributed by atoms with Gasteiger partial charge in [-0.2, -0.15) is 0 Å². The standard InChI is InChI=1S/C20H26N2O/c1-4-22(5-2)15-18-11-9-17(10-12-18)14-21-20(23)19-8-6-7-16(3)13-19/h6-13H,4-5,14-15H2,1-3H3,(H,21,23). The number of rotatable bonds is 7. The first-order valence-corrected chi connectivity index (χ1v) is 8.27. The minimum atomic E-state index is -0.0269. The van der Waals surface area contributed by atoms with Crippen LogP contribution in [0, 0.1) is 6.92 Å². The van der Waals surface area contributed by atoms with Crippen LogP contribution in [0.3, 0.4) is 0 Å². The van der Waals surface area contributed by atoms with Gasteiger partial charge in [0, 0.05) is 18.7 Å². The van der Waals surface area contributed by atoms with E-state index >= 15 is 0 Å². The lowest BCUT2D eigenvalue weighted by molar-refractivity contribution is 0.0951. The van der Waals surface area contributed by atoms with Crippen molar-refractivity contribution in [2.75, 3.05) is 13.1 Å². The van der Waals surface area contributed by atoms with Gasteiger partial charge in [-0.3, -0.25) is 9.69 Å². The van der Waals surface area contributed by atoms with Crippen molar-refractivity contribution in [2.24, 2.45) is 0 Å². The van der Waals surface area contributed by atoms with Gasteiger partial charge in [-0.25, -0.2) is 0 Å². The fraction of sp³-hybridized carbons (Fsp3) is 0.350. The summed E-state index contributed by atoms with van der Waals surface area (Å²) in [5.74, 6) is -0.0269. The Morgan fingerprint density at radius 1 is 1.00 bits per heavy atom. The van der Waals surface area contributed by atoms with Crippen LogP contribution in [0.2, 0.25) is 0 Å². The van der Waals surface area contributed by atoms with Crippen LogP contribution in [0.5, 0.6) is 0 Å². The second-order valence-electron chi connectivity index (χ2n) is 5.83. The van der Waals surface area contributed by atoms with E-state index in [0.29, 0.717) is 12.1 Å². The Morgan fingerprint density at radius 3 is 2.26 bits per heavy atom. The van der Waals surface area contributed by atoms with Crippen molar-refractivity contribution in [1.82, 2.24) is 10.2 Å². The molecule has 0 atom stereocenters. The Bertz CT molecular complexity index is 630. The predicted molar refractivity (Wildman–Crippen MR) is 95.4 cm³/mol. The number of hydrogen-bond donors (Lipinski definition) is 1. The van der Waals surface area contributed by atoms with Crippen LogP contribution in [0.25, 0.3) is 0 Å². The average Bonchev–Trinajstić information content (AvgIpc) is 2.58. The minimum Gasteiger partial charge on any atom is -0.348 e. The van der Waals surface area contributed by atoms with E-state index in [1.54, 1.807) is 0 Å². The predicted octanol–water partition coefficient (Wildman–Crippen LogP) is 3.77. The van der Waals surface area contributed by atoms with Gasteiger partial charge in [-0.1, -0.05) is 55.8 Å². The fourth-order valence-corrected chi connectivity index (χ4v) is 2.54. The van der Waals surface area contributed by atoms with Crippen LogP contribution in [-0.4, -0.2) is 23.9 Å². The number of hydrogen-bond acceptors (Lipinski definition) is 2. The summed E-state index contributed by atoms with van der Waals surface area (Å²) in [5, 5.41) is 2.98. The van der Waals surface area contributed by atoms with Gasteiger partial charge in [0.25, 0.3) is 5.91 Å². The van der Waals surface area contributed by atoms with Crippen molar-refractivity contribution < 1.29 is 4.79 Å². The minimum absolute atomic E-state index is 0.0269. The van der Waals surface area contributed by atoms with Crippen molar-refractivity contribution in [1.29, 1.82) is 0 Å². The zero-order valence-electron chi connectivity index (χ0n) is 14.3. The number of carbonyl (C=O) groups is 1. The molecule has 0 fully saturated rings. The Hall–Kier alpha value is -2.13. The third-order valence-electron chi connectivity index (χ3n) is 4.06. The molecule has 1 N–H and O–H groups in total. The van der Waals surface area contributed by atoms with Crippen molar-refractivity contribution in [3.63, 3.8) is 0 Å². The summed E-state index contributed by atoms with van der Waals surface area (Å²) in [6.07, 6.45) is 0. The van der Waals surface area contributed by atoms with Crippen LogP contribution in [0.1, 0.15) is 40.9 Å². The first-order chi connectivity index (χ1) is 11.1. The molecule has 23 heavy (non-hydrogen) atoms. The number of nitrogens with one attached hydrogen (secondary N) is 1. The van der Waals surface area contributed by atoms with Crippen LogP contribution >= 0.6 is 0 Å². The van der Waals surface area contributed by atoms with Gasteiger partial charge in [0.05, 0.1) is 0 Å². The highest BCUT2D eigenvalue weighted by atomic mass is 16.1. The van der Waals surface area contributed by atoms with E-state index in [9.17, 15) is 4.79 Å². The summed E-state index contributed by atoms with van der Waals surface area (Å²) in [6.45, 7) is 10.00. The lowest BCUT2D eigenvalue weighted by Crippen LogP contribution is -2.23. The Kier molecular flexibility index (Phi) is 6.36. The summed E-state index contributed by atoms with van der Waals surface area (Å²) in [7, 11) is 0. The molecule has 0 aromatic heterocycles. The van der Waals surface area contributed by atoms with Gasteiger partial charge in [-0.05, 0) is 43.3 Å². The maximum Gasteiger partial charge on any atom is 0.251 e. The van der Waals surface area contributed by atoms with E-state index in [0.717, 1.165) is 30.8 Å². The van der Waals surface area contributed by atoms with Crippen LogP contribution in [-0.2, 0) is 13.1 Å². The molecule has 0 heterocycles. The Balaban J connectivity index is 1.90.